The van der Waals surface area contributed by atoms with E-state index in [-0.39, 0.29) is 17.6 Å². The summed E-state index contributed by atoms with van der Waals surface area (Å²) in [4.78, 5) is 14.8. The monoisotopic (exact) mass is 359 g/mol. The van der Waals surface area contributed by atoms with Crippen molar-refractivity contribution in [2.45, 2.75) is 51.9 Å². The first-order chi connectivity index (χ1) is 11.5. The van der Waals surface area contributed by atoms with E-state index in [9.17, 15) is 13.2 Å². The molecular weight excluding hydrogens is 326 g/mol. The van der Waals surface area contributed by atoms with Crippen LogP contribution in [0.1, 0.15) is 51.9 Å². The molecular formula is C17H33N3O3S. The van der Waals surface area contributed by atoms with Crippen molar-refractivity contribution < 1.29 is 13.2 Å². The molecule has 2 aliphatic heterocycles. The lowest BCUT2D eigenvalue weighted by molar-refractivity contribution is -0.126. The van der Waals surface area contributed by atoms with Gasteiger partial charge in [0, 0.05) is 26.2 Å². The molecule has 0 aromatic heterocycles. The molecule has 2 rings (SSSR count). The van der Waals surface area contributed by atoms with Gasteiger partial charge in [-0.3, -0.25) is 4.79 Å². The molecule has 2 saturated heterocycles. The average molecular weight is 360 g/mol. The van der Waals surface area contributed by atoms with Crippen LogP contribution in [0.25, 0.3) is 0 Å². The van der Waals surface area contributed by atoms with Crippen molar-refractivity contribution in [3.05, 3.63) is 0 Å². The molecule has 1 amide bonds. The predicted octanol–water partition coefficient (Wildman–Crippen LogP) is 1.43. The first-order valence-corrected chi connectivity index (χ1v) is 11.1. The highest BCUT2D eigenvalue weighted by atomic mass is 32.2. The second-order valence-corrected chi connectivity index (χ2v) is 9.15. The Hall–Kier alpha value is -0.660. The molecule has 0 spiro atoms. The van der Waals surface area contributed by atoms with Gasteiger partial charge in [-0.1, -0.05) is 19.8 Å². The lowest BCUT2D eigenvalue weighted by Gasteiger charge is -2.31. The number of carbonyl (C=O) groups excluding carboxylic acids is 1. The maximum Gasteiger partial charge on any atom is 0.224 e. The Morgan fingerprint density at radius 2 is 1.79 bits per heavy atom. The summed E-state index contributed by atoms with van der Waals surface area (Å²) in [5.41, 5.74) is 0. The van der Waals surface area contributed by atoms with E-state index in [2.05, 4.69) is 10.2 Å². The van der Waals surface area contributed by atoms with Crippen LogP contribution in [0, 0.1) is 5.92 Å². The van der Waals surface area contributed by atoms with Gasteiger partial charge in [0.1, 0.15) is 0 Å². The van der Waals surface area contributed by atoms with E-state index in [1.165, 1.54) is 30.0 Å². The van der Waals surface area contributed by atoms with Gasteiger partial charge in [0.25, 0.3) is 0 Å². The van der Waals surface area contributed by atoms with E-state index in [1.54, 1.807) is 0 Å². The van der Waals surface area contributed by atoms with Crippen LogP contribution in [0.4, 0.5) is 0 Å². The smallest absolute Gasteiger partial charge is 0.224 e. The largest absolute Gasteiger partial charge is 0.355 e. The highest BCUT2D eigenvalue weighted by molar-refractivity contribution is 7.89. The molecule has 6 nitrogen and oxygen atoms in total. The molecule has 1 N–H and O–H groups in total. The van der Waals surface area contributed by atoms with Crippen LogP contribution in [0.15, 0.2) is 0 Å². The van der Waals surface area contributed by atoms with E-state index in [0.717, 1.165) is 32.5 Å². The van der Waals surface area contributed by atoms with Crippen molar-refractivity contribution in [2.24, 2.45) is 5.92 Å². The third-order valence-electron chi connectivity index (χ3n) is 5.04. The van der Waals surface area contributed by atoms with E-state index < -0.39 is 10.0 Å². The normalized spacial score (nSPS) is 24.5. The first kappa shape index (κ1) is 19.7. The molecule has 2 fully saturated rings. The third kappa shape index (κ3) is 6.01. The molecule has 140 valence electrons. The third-order valence-corrected chi connectivity index (χ3v) is 7.08. The van der Waals surface area contributed by atoms with Crippen LogP contribution in [-0.4, -0.2) is 68.6 Å². The molecule has 7 heteroatoms. The van der Waals surface area contributed by atoms with Gasteiger partial charge in [0.05, 0.1) is 11.7 Å². The topological polar surface area (TPSA) is 69.7 Å². The number of rotatable bonds is 7. The maximum atomic E-state index is 12.4. The fourth-order valence-corrected chi connectivity index (χ4v) is 5.23. The Balaban J connectivity index is 1.75. The van der Waals surface area contributed by atoms with E-state index in [4.69, 9.17) is 0 Å². The van der Waals surface area contributed by atoms with Crippen LogP contribution in [0.2, 0.25) is 0 Å². The number of likely N-dealkylation sites (tertiary alicyclic amines) is 1. The maximum absolute atomic E-state index is 12.4. The zero-order valence-electron chi connectivity index (χ0n) is 15.0. The summed E-state index contributed by atoms with van der Waals surface area (Å²) >= 11 is 0. The van der Waals surface area contributed by atoms with Crippen LogP contribution >= 0.6 is 0 Å². The number of hydrogen-bond acceptors (Lipinski definition) is 4. The average Bonchev–Trinajstić information content (AvgIpc) is 2.84. The summed E-state index contributed by atoms with van der Waals surface area (Å²) in [6.07, 6.45) is 7.30. The van der Waals surface area contributed by atoms with Gasteiger partial charge in [-0.2, -0.15) is 0 Å². The number of piperidine rings is 1. The minimum absolute atomic E-state index is 0.0150. The summed E-state index contributed by atoms with van der Waals surface area (Å²) in [7, 11) is -3.20. The Labute approximate surface area is 147 Å². The second-order valence-electron chi connectivity index (χ2n) is 7.06. The van der Waals surface area contributed by atoms with Crippen molar-refractivity contribution in [1.82, 2.24) is 14.5 Å². The van der Waals surface area contributed by atoms with Crippen LogP contribution < -0.4 is 5.32 Å². The number of sulfonamides is 1. The van der Waals surface area contributed by atoms with Crippen molar-refractivity contribution in [3.63, 3.8) is 0 Å². The van der Waals surface area contributed by atoms with E-state index in [1.807, 2.05) is 6.92 Å². The van der Waals surface area contributed by atoms with Crippen LogP contribution in [0.3, 0.4) is 0 Å². The lowest BCUT2D eigenvalue weighted by atomic mass is 9.99. The highest BCUT2D eigenvalue weighted by Crippen LogP contribution is 2.20. The number of hydrogen-bond donors (Lipinski definition) is 1. The Morgan fingerprint density at radius 3 is 2.46 bits per heavy atom. The van der Waals surface area contributed by atoms with Crippen LogP contribution in [-0.2, 0) is 14.8 Å². The Kier molecular flexibility index (Phi) is 7.97. The predicted molar refractivity (Wildman–Crippen MR) is 96.3 cm³/mol. The standard InChI is InChI=1S/C17H33N3O3S/c1-2-14-24(22,23)20-12-7-8-16(15-20)17(21)18-9-13-19-10-5-3-4-6-11-19/h16H,2-15H2,1H3,(H,18,21)/t16-/m0/s1. The fraction of sp³-hybridized carbons (Fsp3) is 0.941. The molecule has 0 radical (unpaired) electrons. The SMILES string of the molecule is CCCS(=O)(=O)N1CCC[C@H](C(=O)NCCN2CCCCCC2)C1. The number of nitrogens with zero attached hydrogens (tertiary/aromatic N) is 2. The summed E-state index contributed by atoms with van der Waals surface area (Å²) in [5.74, 6) is -0.00762. The van der Waals surface area contributed by atoms with Gasteiger partial charge in [0.2, 0.25) is 15.9 Å². The molecule has 0 aromatic carbocycles. The molecule has 2 aliphatic rings. The fourth-order valence-electron chi connectivity index (χ4n) is 3.64. The van der Waals surface area contributed by atoms with Crippen molar-refractivity contribution in [3.8, 4) is 0 Å². The van der Waals surface area contributed by atoms with E-state index in [0.29, 0.717) is 26.1 Å². The first-order valence-electron chi connectivity index (χ1n) is 9.51. The quantitative estimate of drug-likeness (QED) is 0.747. The van der Waals surface area contributed by atoms with E-state index >= 15 is 0 Å². The number of amides is 1. The summed E-state index contributed by atoms with van der Waals surface area (Å²) < 4.78 is 25.9. The Morgan fingerprint density at radius 1 is 1.08 bits per heavy atom. The number of carbonyl (C=O) groups is 1. The van der Waals surface area contributed by atoms with Gasteiger partial charge >= 0.3 is 0 Å². The molecule has 1 atom stereocenters. The molecule has 24 heavy (non-hydrogen) atoms. The van der Waals surface area contributed by atoms with Crippen molar-refractivity contribution in [1.29, 1.82) is 0 Å². The zero-order chi connectivity index (χ0) is 17.4. The minimum atomic E-state index is -3.20. The summed E-state index contributed by atoms with van der Waals surface area (Å²) in [5, 5.41) is 3.02. The molecule has 0 aliphatic carbocycles. The van der Waals surface area contributed by atoms with Gasteiger partial charge in [-0.15, -0.1) is 0 Å². The second kappa shape index (κ2) is 9.73. The van der Waals surface area contributed by atoms with Gasteiger partial charge in [-0.05, 0) is 45.2 Å². The number of nitrogens with one attached hydrogen (secondary N) is 1. The van der Waals surface area contributed by atoms with Crippen molar-refractivity contribution in [2.75, 3.05) is 45.0 Å². The molecule has 0 aromatic rings. The van der Waals surface area contributed by atoms with Gasteiger partial charge in [0.15, 0.2) is 0 Å². The molecule has 2 heterocycles. The zero-order valence-corrected chi connectivity index (χ0v) is 15.8. The minimum Gasteiger partial charge on any atom is -0.355 e. The van der Waals surface area contributed by atoms with Gasteiger partial charge in [-0.25, -0.2) is 12.7 Å². The summed E-state index contributed by atoms with van der Waals surface area (Å²) in [6.45, 7) is 6.59. The Bertz CT molecular complexity index is 487. The lowest BCUT2D eigenvalue weighted by Crippen LogP contribution is -2.47. The molecule has 0 bridgehead atoms. The highest BCUT2D eigenvalue weighted by Gasteiger charge is 2.31. The molecule has 0 unspecified atom stereocenters. The van der Waals surface area contributed by atoms with Crippen molar-refractivity contribution >= 4 is 15.9 Å². The molecule has 0 saturated carbocycles. The van der Waals surface area contributed by atoms with Gasteiger partial charge < -0.3 is 10.2 Å². The van der Waals surface area contributed by atoms with Crippen LogP contribution in [0.5, 0.6) is 0 Å². The summed E-state index contributed by atoms with van der Waals surface area (Å²) in [6, 6.07) is 0.